The Kier molecular flexibility index (Phi) is 8.27. The second kappa shape index (κ2) is 11.9. The van der Waals surface area contributed by atoms with Crippen LogP contribution >= 0.6 is 11.6 Å². The number of benzene rings is 2. The van der Waals surface area contributed by atoms with Crippen molar-refractivity contribution in [2.75, 3.05) is 19.6 Å². The fraction of sp³-hybridized carbons (Fsp3) is 0.323. The third-order valence-electron chi connectivity index (χ3n) is 6.90. The van der Waals surface area contributed by atoms with Gasteiger partial charge >= 0.3 is 12.0 Å². The summed E-state index contributed by atoms with van der Waals surface area (Å²) in [5, 5.41) is 12.4. The second-order valence-electron chi connectivity index (χ2n) is 11.3. The summed E-state index contributed by atoms with van der Waals surface area (Å²) in [5.41, 5.74) is 0.556. The van der Waals surface area contributed by atoms with Gasteiger partial charge in [-0.25, -0.2) is 4.79 Å². The molecule has 224 valence electrons. The number of halogens is 1. The van der Waals surface area contributed by atoms with E-state index in [4.69, 9.17) is 25.7 Å². The van der Waals surface area contributed by atoms with Crippen LogP contribution in [0.25, 0.3) is 0 Å². The molecule has 2 atom stereocenters. The zero-order valence-corrected chi connectivity index (χ0v) is 24.6. The van der Waals surface area contributed by atoms with Gasteiger partial charge in [0.25, 0.3) is 0 Å². The number of furan rings is 1. The van der Waals surface area contributed by atoms with Crippen molar-refractivity contribution in [2.24, 2.45) is 4.99 Å². The molecule has 1 fully saturated rings. The summed E-state index contributed by atoms with van der Waals surface area (Å²) in [5.74, 6) is -1.12. The van der Waals surface area contributed by atoms with Gasteiger partial charge in [-0.1, -0.05) is 29.8 Å². The topological polar surface area (TPSA) is 142 Å². The van der Waals surface area contributed by atoms with Gasteiger partial charge < -0.3 is 24.5 Å². The second-order valence-corrected chi connectivity index (χ2v) is 11.7. The van der Waals surface area contributed by atoms with Crippen molar-refractivity contribution in [1.82, 2.24) is 15.1 Å². The third-order valence-corrected chi connectivity index (χ3v) is 7.15. The predicted octanol–water partition coefficient (Wildman–Crippen LogP) is 4.86. The van der Waals surface area contributed by atoms with Gasteiger partial charge in [0.05, 0.1) is 17.9 Å². The number of nitrogens with zero attached hydrogens (tertiary/aromatic N) is 3. The number of piperazine rings is 1. The van der Waals surface area contributed by atoms with E-state index in [1.807, 2.05) is 32.9 Å². The smallest absolute Gasteiger partial charge is 0.326 e. The first-order chi connectivity index (χ1) is 20.4. The largest absolute Gasteiger partial charge is 0.487 e. The molecule has 2 aliphatic rings. The molecular weight excluding hydrogens is 576 g/mol. The Morgan fingerprint density at radius 1 is 1.14 bits per heavy atom. The molecule has 3 aromatic rings. The van der Waals surface area contributed by atoms with Gasteiger partial charge in [-0.05, 0) is 62.7 Å². The van der Waals surface area contributed by atoms with E-state index in [2.05, 4.69) is 5.32 Å². The van der Waals surface area contributed by atoms with Crippen molar-refractivity contribution in [2.45, 2.75) is 44.9 Å². The number of Topliss-reactive ketones (excluding diaryl/α,β-unsaturated/α-hetero) is 1. The van der Waals surface area contributed by atoms with Crippen LogP contribution < -0.4 is 10.1 Å². The molecule has 0 saturated carbocycles. The summed E-state index contributed by atoms with van der Waals surface area (Å²) in [6.07, 6.45) is 0.843. The number of carboxylic acids is 1. The number of amidine groups is 1. The highest BCUT2D eigenvalue weighted by molar-refractivity contribution is 6.30. The van der Waals surface area contributed by atoms with Gasteiger partial charge in [0.1, 0.15) is 42.0 Å². The molecule has 2 N–H and O–H groups in total. The first-order valence-electron chi connectivity index (χ1n) is 13.7. The third kappa shape index (κ3) is 6.56. The summed E-state index contributed by atoms with van der Waals surface area (Å²) >= 11 is 6.21. The maximum Gasteiger partial charge on any atom is 0.326 e. The number of nitrogens with one attached hydrogen (secondary N) is 1. The number of carboxylic acid groups (broad SMARTS) is 1. The monoisotopic (exact) mass is 606 g/mol. The SMILES string of the molecule is CC(C)(C)Oc1cc(C(=O)CC(=O)O)ccc1C1=N[C@@H](c2ccco2)[C@@H](c2ccc(Cl)cc2)N1C(=O)N1CCNC(=O)C1. The quantitative estimate of drug-likeness (QED) is 0.289. The molecular formula is C31H31ClN4O7. The number of rotatable bonds is 7. The fourth-order valence-electron chi connectivity index (χ4n) is 5.10. The van der Waals surface area contributed by atoms with E-state index in [0.29, 0.717) is 29.4 Å². The lowest BCUT2D eigenvalue weighted by Crippen LogP contribution is -2.55. The minimum atomic E-state index is -1.25. The number of carbonyl (C=O) groups is 4. The highest BCUT2D eigenvalue weighted by Gasteiger charge is 2.46. The summed E-state index contributed by atoms with van der Waals surface area (Å²) in [6.45, 7) is 5.95. The van der Waals surface area contributed by atoms with Gasteiger partial charge in [-0.15, -0.1) is 0 Å². The van der Waals surface area contributed by atoms with Crippen molar-refractivity contribution in [3.8, 4) is 5.75 Å². The number of aliphatic carboxylic acids is 1. The van der Waals surface area contributed by atoms with Crippen LogP contribution in [0.5, 0.6) is 5.75 Å². The molecule has 0 bridgehead atoms. The molecule has 1 saturated heterocycles. The zero-order chi connectivity index (χ0) is 30.9. The molecule has 0 unspecified atom stereocenters. The van der Waals surface area contributed by atoms with Crippen molar-refractivity contribution >= 4 is 41.1 Å². The van der Waals surface area contributed by atoms with Crippen LogP contribution in [0.1, 0.15) is 66.5 Å². The van der Waals surface area contributed by atoms with Crippen molar-refractivity contribution < 1.29 is 33.4 Å². The number of ether oxygens (including phenoxy) is 1. The Bertz CT molecular complexity index is 1580. The van der Waals surface area contributed by atoms with Crippen LogP contribution in [-0.2, 0) is 9.59 Å². The molecule has 12 heteroatoms. The normalized spacial score (nSPS) is 18.7. The average molecular weight is 607 g/mol. The van der Waals surface area contributed by atoms with E-state index in [1.54, 1.807) is 30.3 Å². The number of carbonyl (C=O) groups excluding carboxylic acids is 3. The van der Waals surface area contributed by atoms with Crippen molar-refractivity contribution in [1.29, 1.82) is 0 Å². The summed E-state index contributed by atoms with van der Waals surface area (Å²) in [4.78, 5) is 58.6. The molecule has 0 radical (unpaired) electrons. The first kappa shape index (κ1) is 29.8. The molecule has 5 rings (SSSR count). The van der Waals surface area contributed by atoms with Crippen molar-refractivity contribution in [3.05, 3.63) is 88.3 Å². The van der Waals surface area contributed by atoms with Crippen LogP contribution in [0.3, 0.4) is 0 Å². The van der Waals surface area contributed by atoms with E-state index in [0.717, 1.165) is 5.56 Å². The molecule has 0 spiro atoms. The first-order valence-corrected chi connectivity index (χ1v) is 14.1. The molecule has 2 aliphatic heterocycles. The molecule has 3 heterocycles. The summed E-state index contributed by atoms with van der Waals surface area (Å²) in [7, 11) is 0. The highest BCUT2D eigenvalue weighted by atomic mass is 35.5. The van der Waals surface area contributed by atoms with Crippen LogP contribution in [0, 0.1) is 0 Å². The average Bonchev–Trinajstić information content (AvgIpc) is 3.60. The number of hydrogen-bond acceptors (Lipinski definition) is 7. The standard InChI is InChI=1S/C31H31ClN4O7/c1-31(2,3)43-24-15-19(22(37)16-26(39)40)8-11-21(24)29-34-27(23-5-4-14-42-23)28(18-6-9-20(32)10-7-18)36(29)30(41)35-13-12-33-25(38)17-35/h4-11,14-15,27-28H,12-13,16-17H2,1-3H3,(H,33,38)(H,39,40)/t27-,28+/m0/s1. The van der Waals surface area contributed by atoms with E-state index in [1.165, 1.54) is 28.2 Å². The Hall–Kier alpha value is -4.64. The van der Waals surface area contributed by atoms with Gasteiger partial charge in [0.15, 0.2) is 5.78 Å². The van der Waals surface area contributed by atoms with Crippen LogP contribution in [0.2, 0.25) is 5.02 Å². The Morgan fingerprint density at radius 2 is 1.88 bits per heavy atom. The number of amides is 3. The molecule has 0 aliphatic carbocycles. The fourth-order valence-corrected chi connectivity index (χ4v) is 5.23. The van der Waals surface area contributed by atoms with Gasteiger partial charge in [-0.2, -0.15) is 0 Å². The number of hydrogen-bond donors (Lipinski definition) is 2. The maximum absolute atomic E-state index is 14.4. The van der Waals surface area contributed by atoms with E-state index >= 15 is 0 Å². The van der Waals surface area contributed by atoms with Crippen LogP contribution in [0.4, 0.5) is 4.79 Å². The number of urea groups is 1. The molecule has 43 heavy (non-hydrogen) atoms. The van der Waals surface area contributed by atoms with E-state index < -0.39 is 41.9 Å². The van der Waals surface area contributed by atoms with Gasteiger partial charge in [0, 0.05) is 23.7 Å². The lowest BCUT2D eigenvalue weighted by Gasteiger charge is -2.35. The molecule has 3 amide bonds. The van der Waals surface area contributed by atoms with Crippen LogP contribution in [0.15, 0.2) is 70.3 Å². The summed E-state index contributed by atoms with van der Waals surface area (Å²) in [6, 6.07) is 13.3. The van der Waals surface area contributed by atoms with E-state index in [9.17, 15) is 24.3 Å². The summed E-state index contributed by atoms with van der Waals surface area (Å²) < 4.78 is 12.1. The number of aliphatic imine (C=N–C) groups is 1. The minimum absolute atomic E-state index is 0.130. The van der Waals surface area contributed by atoms with E-state index in [-0.39, 0.29) is 29.6 Å². The maximum atomic E-state index is 14.4. The van der Waals surface area contributed by atoms with Gasteiger partial charge in [0.2, 0.25) is 5.91 Å². The number of ketones is 1. The molecule has 11 nitrogen and oxygen atoms in total. The zero-order valence-electron chi connectivity index (χ0n) is 23.9. The Labute approximate surface area is 253 Å². The van der Waals surface area contributed by atoms with Crippen molar-refractivity contribution in [3.63, 3.8) is 0 Å². The van der Waals surface area contributed by atoms with Crippen LogP contribution in [-0.4, -0.2) is 69.7 Å². The Balaban J connectivity index is 1.69. The van der Waals surface area contributed by atoms with Gasteiger partial charge in [-0.3, -0.25) is 24.3 Å². The lowest BCUT2D eigenvalue weighted by atomic mass is 9.97. The predicted molar refractivity (Wildman–Crippen MR) is 157 cm³/mol. The lowest BCUT2D eigenvalue weighted by molar-refractivity contribution is -0.136. The minimum Gasteiger partial charge on any atom is -0.487 e. The molecule has 2 aromatic carbocycles. The molecule has 1 aromatic heterocycles. The highest BCUT2D eigenvalue weighted by Crippen LogP contribution is 2.45. The Morgan fingerprint density at radius 3 is 2.51 bits per heavy atom.